The fourth-order valence-corrected chi connectivity index (χ4v) is 3.95. The van der Waals surface area contributed by atoms with E-state index in [9.17, 15) is 5.11 Å². The number of fused-ring (bicyclic) bond motifs is 1. The van der Waals surface area contributed by atoms with Gasteiger partial charge in [-0.1, -0.05) is 23.8 Å². The van der Waals surface area contributed by atoms with Crippen molar-refractivity contribution >= 4 is 11.8 Å². The van der Waals surface area contributed by atoms with Crippen molar-refractivity contribution in [3.05, 3.63) is 34.9 Å². The Bertz CT molecular complexity index is 550. The Morgan fingerprint density at radius 3 is 3.16 bits per heavy atom. The Hall–Kier alpha value is -1.32. The molecule has 19 heavy (non-hydrogen) atoms. The molecule has 0 saturated carbocycles. The Morgan fingerprint density at radius 1 is 1.42 bits per heavy atom. The van der Waals surface area contributed by atoms with Crippen LogP contribution in [0, 0.1) is 0 Å². The predicted molar refractivity (Wildman–Crippen MR) is 77.2 cm³/mol. The van der Waals surface area contributed by atoms with Crippen LogP contribution in [-0.2, 0) is 0 Å². The van der Waals surface area contributed by atoms with E-state index in [-0.39, 0.29) is 0 Å². The third kappa shape index (κ3) is 1.65. The van der Waals surface area contributed by atoms with Gasteiger partial charge in [0, 0.05) is 24.2 Å². The van der Waals surface area contributed by atoms with E-state index in [0.717, 1.165) is 13.1 Å². The second-order valence-corrected chi connectivity index (χ2v) is 5.97. The molecule has 1 fully saturated rings. The van der Waals surface area contributed by atoms with Crippen molar-refractivity contribution in [1.29, 1.82) is 0 Å². The normalized spacial score (nSPS) is 29.6. The highest BCUT2D eigenvalue weighted by atomic mass is 16.3. The minimum Gasteiger partial charge on any atom is -0.374 e. The maximum Gasteiger partial charge on any atom is 0.124 e. The topological polar surface area (TPSA) is 35.5 Å². The largest absolute Gasteiger partial charge is 0.374 e. The number of nitrogens with zero attached hydrogens (tertiary/aromatic N) is 1. The van der Waals surface area contributed by atoms with Gasteiger partial charge in [0.25, 0.3) is 0 Å². The summed E-state index contributed by atoms with van der Waals surface area (Å²) in [6.45, 7) is 3.92. The number of aliphatic hydroxyl groups excluding tert-OH is 1. The number of hydrogen-bond donors (Lipinski definition) is 2. The van der Waals surface area contributed by atoms with Gasteiger partial charge in [0.1, 0.15) is 6.23 Å². The van der Waals surface area contributed by atoms with Gasteiger partial charge in [-0.3, -0.25) is 0 Å². The van der Waals surface area contributed by atoms with Crippen molar-refractivity contribution in [3.63, 3.8) is 0 Å². The zero-order chi connectivity index (χ0) is 13.0. The molecule has 4 rings (SSSR count). The lowest BCUT2D eigenvalue weighted by Gasteiger charge is -2.24. The molecule has 3 atom stereocenters. The maximum absolute atomic E-state index is 9.98. The van der Waals surface area contributed by atoms with E-state index >= 15 is 0 Å². The zero-order valence-corrected chi connectivity index (χ0v) is 11.3. The third-order valence-electron chi connectivity index (χ3n) is 4.82. The van der Waals surface area contributed by atoms with Gasteiger partial charge in [0.2, 0.25) is 0 Å². The number of benzene rings is 1. The molecular formula is C16H20N2O. The van der Waals surface area contributed by atoms with Crippen LogP contribution in [-0.4, -0.2) is 30.5 Å². The number of nitrogens with one attached hydrogen (secondary N) is 1. The summed E-state index contributed by atoms with van der Waals surface area (Å²) < 4.78 is 0. The van der Waals surface area contributed by atoms with E-state index in [1.54, 1.807) is 5.57 Å². The molecule has 1 aliphatic carbocycles. The minimum atomic E-state index is -0.404. The smallest absolute Gasteiger partial charge is 0.124 e. The molecule has 1 aromatic rings. The van der Waals surface area contributed by atoms with Crippen molar-refractivity contribution in [1.82, 2.24) is 5.32 Å². The van der Waals surface area contributed by atoms with Crippen molar-refractivity contribution in [2.45, 2.75) is 38.0 Å². The van der Waals surface area contributed by atoms with Crippen molar-refractivity contribution in [2.24, 2.45) is 0 Å². The fraction of sp³-hybridized carbons (Fsp3) is 0.500. The summed E-state index contributed by atoms with van der Waals surface area (Å²) in [4.78, 5) is 2.14. The van der Waals surface area contributed by atoms with Gasteiger partial charge in [-0.15, -0.1) is 0 Å². The Balaban J connectivity index is 1.86. The Morgan fingerprint density at radius 2 is 2.32 bits per heavy atom. The second kappa shape index (κ2) is 4.09. The standard InChI is InChI=1S/C16H20N2O/c1-10(19)18-9-13-8-14-11(5-6-17-14)7-12-3-2-4-15(18)16(12)13/h2-4,7,10,13-14,17,19H,5-6,8-9H2,1H3. The average molecular weight is 256 g/mol. The number of anilines is 1. The lowest BCUT2D eigenvalue weighted by molar-refractivity contribution is 0.189. The summed E-state index contributed by atoms with van der Waals surface area (Å²) >= 11 is 0. The van der Waals surface area contributed by atoms with Gasteiger partial charge < -0.3 is 15.3 Å². The van der Waals surface area contributed by atoms with Crippen LogP contribution in [0.4, 0.5) is 5.69 Å². The summed E-state index contributed by atoms with van der Waals surface area (Å²) in [6, 6.07) is 7.04. The highest BCUT2D eigenvalue weighted by Gasteiger charge is 2.37. The third-order valence-corrected chi connectivity index (χ3v) is 4.82. The van der Waals surface area contributed by atoms with Crippen LogP contribution < -0.4 is 10.2 Å². The maximum atomic E-state index is 9.98. The molecule has 2 aliphatic heterocycles. The lowest BCUT2D eigenvalue weighted by atomic mass is 9.93. The summed E-state index contributed by atoms with van der Waals surface area (Å²) in [7, 11) is 0. The van der Waals surface area contributed by atoms with Crippen molar-refractivity contribution < 1.29 is 5.11 Å². The molecule has 0 radical (unpaired) electrons. The molecule has 0 spiro atoms. The molecule has 3 aliphatic rings. The van der Waals surface area contributed by atoms with Crippen LogP contribution in [0.5, 0.6) is 0 Å². The monoisotopic (exact) mass is 256 g/mol. The van der Waals surface area contributed by atoms with Crippen molar-refractivity contribution in [3.8, 4) is 0 Å². The Labute approximate surface area is 113 Å². The molecule has 100 valence electrons. The van der Waals surface area contributed by atoms with E-state index in [4.69, 9.17) is 0 Å². The molecule has 0 amide bonds. The highest BCUT2D eigenvalue weighted by molar-refractivity contribution is 5.72. The SMILES string of the molecule is CC(O)N1CC2CC3NCCC3=Cc3cccc1c32. The molecule has 1 saturated heterocycles. The number of rotatable bonds is 1. The first kappa shape index (κ1) is 11.5. The van der Waals surface area contributed by atoms with Gasteiger partial charge in [-0.05, 0) is 43.5 Å². The van der Waals surface area contributed by atoms with E-state index < -0.39 is 6.23 Å². The molecule has 2 heterocycles. The molecule has 2 N–H and O–H groups in total. The summed E-state index contributed by atoms with van der Waals surface area (Å²) in [5.74, 6) is 0.546. The summed E-state index contributed by atoms with van der Waals surface area (Å²) in [5, 5.41) is 13.6. The van der Waals surface area contributed by atoms with Crippen molar-refractivity contribution in [2.75, 3.05) is 18.0 Å². The molecule has 3 nitrogen and oxygen atoms in total. The average Bonchev–Trinajstić information content (AvgIpc) is 2.93. The zero-order valence-electron chi connectivity index (χ0n) is 11.3. The van der Waals surface area contributed by atoms with Crippen LogP contribution in [0.3, 0.4) is 0 Å². The van der Waals surface area contributed by atoms with Gasteiger partial charge in [0.05, 0.1) is 0 Å². The van der Waals surface area contributed by atoms with Crippen LogP contribution in [0.25, 0.3) is 6.08 Å². The van der Waals surface area contributed by atoms with E-state index in [1.807, 2.05) is 6.92 Å². The van der Waals surface area contributed by atoms with Crippen LogP contribution in [0.2, 0.25) is 0 Å². The highest BCUT2D eigenvalue weighted by Crippen LogP contribution is 2.45. The van der Waals surface area contributed by atoms with Gasteiger partial charge in [-0.25, -0.2) is 0 Å². The molecule has 3 heteroatoms. The minimum absolute atomic E-state index is 0.404. The van der Waals surface area contributed by atoms with Crippen LogP contribution >= 0.6 is 0 Å². The second-order valence-electron chi connectivity index (χ2n) is 5.97. The first-order chi connectivity index (χ1) is 9.24. The van der Waals surface area contributed by atoms with E-state index in [1.165, 1.54) is 29.7 Å². The molecule has 1 aromatic carbocycles. The first-order valence-electron chi connectivity index (χ1n) is 7.25. The van der Waals surface area contributed by atoms with Crippen LogP contribution in [0.15, 0.2) is 23.8 Å². The molecular weight excluding hydrogens is 236 g/mol. The summed E-state index contributed by atoms with van der Waals surface area (Å²) in [5.41, 5.74) is 5.61. The van der Waals surface area contributed by atoms with Gasteiger partial charge >= 0.3 is 0 Å². The lowest BCUT2D eigenvalue weighted by Crippen LogP contribution is -2.33. The number of hydrogen-bond acceptors (Lipinski definition) is 3. The molecule has 0 aromatic heterocycles. The summed E-state index contributed by atoms with van der Waals surface area (Å²) in [6.07, 6.45) is 4.33. The van der Waals surface area contributed by atoms with Crippen LogP contribution in [0.1, 0.15) is 36.8 Å². The van der Waals surface area contributed by atoms with Gasteiger partial charge in [-0.2, -0.15) is 0 Å². The quantitative estimate of drug-likeness (QED) is 0.807. The van der Waals surface area contributed by atoms with E-state index in [2.05, 4.69) is 34.5 Å². The first-order valence-corrected chi connectivity index (χ1v) is 7.25. The van der Waals surface area contributed by atoms with E-state index in [0.29, 0.717) is 12.0 Å². The number of aliphatic hydroxyl groups is 1. The van der Waals surface area contributed by atoms with Gasteiger partial charge in [0.15, 0.2) is 0 Å². The molecule has 0 bridgehead atoms. The Kier molecular flexibility index (Phi) is 2.47. The predicted octanol–water partition coefficient (Wildman–Crippen LogP) is 2.08. The molecule has 3 unspecified atom stereocenters. The fourth-order valence-electron chi connectivity index (χ4n) is 3.95.